The minimum absolute atomic E-state index is 0.0363. The maximum Gasteiger partial charge on any atom is 0.240 e. The van der Waals surface area contributed by atoms with Crippen molar-refractivity contribution in [2.75, 3.05) is 39.8 Å². The van der Waals surface area contributed by atoms with E-state index in [4.69, 9.17) is 5.73 Å². The number of hydrogen-bond donors (Lipinski definition) is 1. The van der Waals surface area contributed by atoms with Gasteiger partial charge in [-0.1, -0.05) is 13.8 Å². The molecule has 3 amide bonds. The van der Waals surface area contributed by atoms with Crippen LogP contribution in [0.15, 0.2) is 0 Å². The van der Waals surface area contributed by atoms with Crippen molar-refractivity contribution in [3.05, 3.63) is 0 Å². The highest BCUT2D eigenvalue weighted by molar-refractivity contribution is 5.88. The van der Waals surface area contributed by atoms with E-state index in [-0.39, 0.29) is 23.7 Å². The Morgan fingerprint density at radius 3 is 2.33 bits per heavy atom. The second kappa shape index (κ2) is 7.96. The monoisotopic (exact) mass is 338 g/mol. The second-order valence-corrected chi connectivity index (χ2v) is 7.35. The lowest BCUT2D eigenvalue weighted by atomic mass is 9.99. The molecule has 2 N–H and O–H groups in total. The van der Waals surface area contributed by atoms with Crippen LogP contribution >= 0.6 is 0 Å². The van der Waals surface area contributed by atoms with Crippen LogP contribution in [-0.2, 0) is 14.4 Å². The summed E-state index contributed by atoms with van der Waals surface area (Å²) in [5.41, 5.74) is 5.44. The average Bonchev–Trinajstić information content (AvgIpc) is 3.16. The van der Waals surface area contributed by atoms with Gasteiger partial charge in [0.05, 0.1) is 12.5 Å². The molecule has 2 heterocycles. The zero-order valence-corrected chi connectivity index (χ0v) is 15.0. The lowest BCUT2D eigenvalue weighted by Gasteiger charge is -2.30. The second-order valence-electron chi connectivity index (χ2n) is 7.35. The molecule has 0 radical (unpaired) electrons. The van der Waals surface area contributed by atoms with Crippen LogP contribution in [0.1, 0.15) is 33.1 Å². The zero-order chi connectivity index (χ0) is 17.9. The van der Waals surface area contributed by atoms with Gasteiger partial charge in [-0.2, -0.15) is 0 Å². The number of carbonyl (C=O) groups is 3. The molecule has 0 aromatic heterocycles. The van der Waals surface area contributed by atoms with Crippen molar-refractivity contribution in [3.8, 4) is 0 Å². The molecule has 2 rings (SSSR count). The van der Waals surface area contributed by atoms with E-state index in [2.05, 4.69) is 4.90 Å². The standard InChI is InChI=1S/C17H30N4O3/c1-12(2)15(16(18)23)19(3)17(24)13-6-9-21(10-13)14(22)11-20-7-4-5-8-20/h12-13,15H,4-11H2,1-3H3,(H2,18,23)/t13-,15-/m0/s1. The van der Waals surface area contributed by atoms with Crippen LogP contribution in [0.3, 0.4) is 0 Å². The van der Waals surface area contributed by atoms with Crippen LogP contribution < -0.4 is 5.73 Å². The van der Waals surface area contributed by atoms with Gasteiger partial charge in [0.15, 0.2) is 0 Å². The first-order valence-electron chi connectivity index (χ1n) is 8.87. The molecule has 0 aliphatic carbocycles. The third-order valence-corrected chi connectivity index (χ3v) is 5.14. The predicted octanol–water partition coefficient (Wildman–Crippen LogP) is -0.101. The molecule has 0 aromatic rings. The number of nitrogens with zero attached hydrogens (tertiary/aromatic N) is 3. The number of nitrogens with two attached hydrogens (primary N) is 1. The summed E-state index contributed by atoms with van der Waals surface area (Å²) in [5.74, 6) is -0.751. The predicted molar refractivity (Wildman–Crippen MR) is 91.0 cm³/mol. The first kappa shape index (κ1) is 18.7. The SMILES string of the molecule is CC(C)[C@@H](C(N)=O)N(C)C(=O)[C@H]1CCN(C(=O)CN2CCCC2)C1. The van der Waals surface area contributed by atoms with Gasteiger partial charge in [0.1, 0.15) is 6.04 Å². The molecular formula is C17H30N4O3. The molecule has 2 atom stereocenters. The largest absolute Gasteiger partial charge is 0.368 e. The van der Waals surface area contributed by atoms with Crippen LogP contribution in [0.25, 0.3) is 0 Å². The normalized spacial score (nSPS) is 22.8. The summed E-state index contributed by atoms with van der Waals surface area (Å²) in [5, 5.41) is 0. The molecule has 136 valence electrons. The van der Waals surface area contributed by atoms with Crippen LogP contribution in [0, 0.1) is 11.8 Å². The fourth-order valence-corrected chi connectivity index (χ4v) is 3.81. The Kier molecular flexibility index (Phi) is 6.21. The summed E-state index contributed by atoms with van der Waals surface area (Å²) >= 11 is 0. The average molecular weight is 338 g/mol. The van der Waals surface area contributed by atoms with Gasteiger partial charge in [-0.3, -0.25) is 19.3 Å². The molecular weight excluding hydrogens is 308 g/mol. The van der Waals surface area contributed by atoms with Crippen LogP contribution in [0.2, 0.25) is 0 Å². The first-order valence-corrected chi connectivity index (χ1v) is 8.87. The van der Waals surface area contributed by atoms with E-state index < -0.39 is 11.9 Å². The van der Waals surface area contributed by atoms with Gasteiger partial charge in [-0.05, 0) is 38.3 Å². The molecule has 24 heavy (non-hydrogen) atoms. The molecule has 2 saturated heterocycles. The number of rotatable bonds is 6. The fourth-order valence-electron chi connectivity index (χ4n) is 3.81. The first-order chi connectivity index (χ1) is 11.3. The number of carbonyl (C=O) groups excluding carboxylic acids is 3. The minimum atomic E-state index is -0.605. The Labute approximate surface area is 144 Å². The minimum Gasteiger partial charge on any atom is -0.368 e. The summed E-state index contributed by atoms with van der Waals surface area (Å²) in [4.78, 5) is 42.1. The molecule has 0 saturated carbocycles. The van der Waals surface area contributed by atoms with E-state index in [1.165, 1.54) is 4.90 Å². The van der Waals surface area contributed by atoms with E-state index in [1.807, 2.05) is 13.8 Å². The number of hydrogen-bond acceptors (Lipinski definition) is 4. The Hall–Kier alpha value is -1.63. The zero-order valence-electron chi connectivity index (χ0n) is 15.0. The maximum atomic E-state index is 12.7. The summed E-state index contributed by atoms with van der Waals surface area (Å²) in [6.07, 6.45) is 2.96. The Balaban J connectivity index is 1.90. The molecule has 7 nitrogen and oxygen atoms in total. The van der Waals surface area contributed by atoms with Gasteiger partial charge in [0.25, 0.3) is 0 Å². The number of likely N-dealkylation sites (tertiary alicyclic amines) is 2. The van der Waals surface area contributed by atoms with Gasteiger partial charge in [0.2, 0.25) is 17.7 Å². The van der Waals surface area contributed by atoms with Crippen molar-refractivity contribution < 1.29 is 14.4 Å². The van der Waals surface area contributed by atoms with Crippen molar-refractivity contribution in [2.24, 2.45) is 17.6 Å². The van der Waals surface area contributed by atoms with Gasteiger partial charge in [0, 0.05) is 20.1 Å². The van der Waals surface area contributed by atoms with E-state index in [1.54, 1.807) is 11.9 Å². The number of amides is 3. The summed E-state index contributed by atoms with van der Waals surface area (Å²) < 4.78 is 0. The smallest absolute Gasteiger partial charge is 0.240 e. The van der Waals surface area contributed by atoms with E-state index >= 15 is 0 Å². The van der Waals surface area contributed by atoms with Crippen molar-refractivity contribution in [2.45, 2.75) is 39.2 Å². The quantitative estimate of drug-likeness (QED) is 0.733. The molecule has 0 bridgehead atoms. The van der Waals surface area contributed by atoms with Crippen LogP contribution in [-0.4, -0.2) is 78.2 Å². The van der Waals surface area contributed by atoms with E-state index in [0.717, 1.165) is 25.9 Å². The molecule has 7 heteroatoms. The molecule has 0 aromatic carbocycles. The third kappa shape index (κ3) is 4.26. The van der Waals surface area contributed by atoms with E-state index in [9.17, 15) is 14.4 Å². The molecule has 2 fully saturated rings. The fraction of sp³-hybridized carbons (Fsp3) is 0.824. The lowest BCUT2D eigenvalue weighted by Crippen LogP contribution is -2.51. The topological polar surface area (TPSA) is 87.0 Å². The molecule has 0 unspecified atom stereocenters. The lowest BCUT2D eigenvalue weighted by molar-refractivity contribution is -0.142. The molecule has 0 spiro atoms. The summed E-state index contributed by atoms with van der Waals surface area (Å²) in [7, 11) is 1.63. The molecule has 2 aliphatic rings. The Morgan fingerprint density at radius 2 is 1.79 bits per heavy atom. The number of primary amides is 1. The highest BCUT2D eigenvalue weighted by atomic mass is 16.2. The van der Waals surface area contributed by atoms with Crippen LogP contribution in [0.5, 0.6) is 0 Å². The van der Waals surface area contributed by atoms with Gasteiger partial charge >= 0.3 is 0 Å². The van der Waals surface area contributed by atoms with Crippen molar-refractivity contribution in [1.29, 1.82) is 0 Å². The third-order valence-electron chi connectivity index (χ3n) is 5.14. The maximum absolute atomic E-state index is 12.7. The molecule has 2 aliphatic heterocycles. The number of likely N-dealkylation sites (N-methyl/N-ethyl adjacent to an activating group) is 1. The van der Waals surface area contributed by atoms with Crippen molar-refractivity contribution >= 4 is 17.7 Å². The van der Waals surface area contributed by atoms with Crippen LogP contribution in [0.4, 0.5) is 0 Å². The Bertz CT molecular complexity index is 488. The van der Waals surface area contributed by atoms with E-state index in [0.29, 0.717) is 26.1 Å². The van der Waals surface area contributed by atoms with Gasteiger partial charge in [-0.15, -0.1) is 0 Å². The summed E-state index contributed by atoms with van der Waals surface area (Å²) in [6.45, 7) is 7.23. The highest BCUT2D eigenvalue weighted by Gasteiger charge is 2.37. The highest BCUT2D eigenvalue weighted by Crippen LogP contribution is 2.21. The van der Waals surface area contributed by atoms with Crippen molar-refractivity contribution in [3.63, 3.8) is 0 Å². The van der Waals surface area contributed by atoms with Gasteiger partial charge < -0.3 is 15.5 Å². The van der Waals surface area contributed by atoms with Crippen molar-refractivity contribution in [1.82, 2.24) is 14.7 Å². The summed E-state index contributed by atoms with van der Waals surface area (Å²) in [6, 6.07) is -0.605. The Morgan fingerprint density at radius 1 is 1.17 bits per heavy atom. The van der Waals surface area contributed by atoms with Gasteiger partial charge in [-0.25, -0.2) is 0 Å².